The lowest BCUT2D eigenvalue weighted by atomic mass is 9.79. The molecule has 120 valence electrons. The van der Waals surface area contributed by atoms with Crippen molar-refractivity contribution in [1.82, 2.24) is 14.5 Å². The summed E-state index contributed by atoms with van der Waals surface area (Å²) in [6.45, 7) is 7.08. The Labute approximate surface area is 127 Å². The Hall–Kier alpha value is -1.08. The molecule has 1 heterocycles. The summed E-state index contributed by atoms with van der Waals surface area (Å²) in [6, 6.07) is -0.00451. The van der Waals surface area contributed by atoms with E-state index in [0.717, 1.165) is 25.7 Å². The van der Waals surface area contributed by atoms with Crippen LogP contribution in [0.2, 0.25) is 0 Å². The summed E-state index contributed by atoms with van der Waals surface area (Å²) >= 11 is 0. The SMILES string of the molecule is CCCn1cc(S(=O)(=O)NC2CCC(C)C(C)C2)c(N)n1. The Morgan fingerprint density at radius 1 is 1.38 bits per heavy atom. The van der Waals surface area contributed by atoms with Crippen molar-refractivity contribution in [2.45, 2.75) is 63.9 Å². The quantitative estimate of drug-likeness (QED) is 0.869. The van der Waals surface area contributed by atoms with Gasteiger partial charge in [-0.25, -0.2) is 13.1 Å². The lowest BCUT2D eigenvalue weighted by Gasteiger charge is -2.32. The van der Waals surface area contributed by atoms with Crippen molar-refractivity contribution in [2.24, 2.45) is 11.8 Å². The largest absolute Gasteiger partial charge is 0.381 e. The number of aromatic nitrogens is 2. The molecule has 0 spiro atoms. The van der Waals surface area contributed by atoms with Crippen molar-refractivity contribution in [3.63, 3.8) is 0 Å². The van der Waals surface area contributed by atoms with Crippen LogP contribution in [-0.2, 0) is 16.6 Å². The average molecular weight is 314 g/mol. The van der Waals surface area contributed by atoms with E-state index < -0.39 is 10.0 Å². The number of nitrogens with zero attached hydrogens (tertiary/aromatic N) is 2. The number of sulfonamides is 1. The van der Waals surface area contributed by atoms with Crippen LogP contribution >= 0.6 is 0 Å². The van der Waals surface area contributed by atoms with E-state index >= 15 is 0 Å². The predicted octanol–water partition coefficient (Wildman–Crippen LogP) is 1.98. The second kappa shape index (κ2) is 6.36. The highest BCUT2D eigenvalue weighted by Gasteiger charge is 2.30. The minimum absolute atomic E-state index is 0.00451. The lowest BCUT2D eigenvalue weighted by molar-refractivity contribution is 0.242. The van der Waals surface area contributed by atoms with Crippen LogP contribution in [-0.4, -0.2) is 24.2 Å². The van der Waals surface area contributed by atoms with Crippen molar-refractivity contribution in [1.29, 1.82) is 0 Å². The fraction of sp³-hybridized carbons (Fsp3) is 0.786. The third-order valence-electron chi connectivity index (χ3n) is 4.42. The van der Waals surface area contributed by atoms with E-state index in [4.69, 9.17) is 5.73 Å². The highest BCUT2D eigenvalue weighted by Crippen LogP contribution is 2.30. The Kier molecular flexibility index (Phi) is 4.93. The second-order valence-corrected chi connectivity index (χ2v) is 7.91. The van der Waals surface area contributed by atoms with Gasteiger partial charge in [0.25, 0.3) is 0 Å². The van der Waals surface area contributed by atoms with Gasteiger partial charge in [0.1, 0.15) is 4.90 Å². The molecule has 7 heteroatoms. The van der Waals surface area contributed by atoms with E-state index in [0.29, 0.717) is 18.4 Å². The van der Waals surface area contributed by atoms with Crippen LogP contribution in [0.4, 0.5) is 5.82 Å². The number of nitrogens with two attached hydrogens (primary N) is 1. The van der Waals surface area contributed by atoms with E-state index in [1.807, 2.05) is 6.92 Å². The summed E-state index contributed by atoms with van der Waals surface area (Å²) in [5, 5.41) is 4.06. The number of hydrogen-bond acceptors (Lipinski definition) is 4. The molecule has 1 aromatic rings. The molecule has 0 radical (unpaired) electrons. The maximum absolute atomic E-state index is 12.5. The van der Waals surface area contributed by atoms with Gasteiger partial charge >= 0.3 is 0 Å². The fourth-order valence-corrected chi connectivity index (χ4v) is 4.26. The Morgan fingerprint density at radius 3 is 2.71 bits per heavy atom. The second-order valence-electron chi connectivity index (χ2n) is 6.23. The lowest BCUT2D eigenvalue weighted by Crippen LogP contribution is -2.39. The highest BCUT2D eigenvalue weighted by molar-refractivity contribution is 7.89. The Morgan fingerprint density at radius 2 is 2.10 bits per heavy atom. The zero-order valence-corrected chi connectivity index (χ0v) is 13.9. The van der Waals surface area contributed by atoms with Crippen LogP contribution < -0.4 is 10.5 Å². The molecule has 1 aliphatic rings. The molecule has 0 bridgehead atoms. The zero-order chi connectivity index (χ0) is 15.6. The van der Waals surface area contributed by atoms with Crippen LogP contribution in [0.25, 0.3) is 0 Å². The highest BCUT2D eigenvalue weighted by atomic mass is 32.2. The molecule has 1 aromatic heterocycles. The van der Waals surface area contributed by atoms with E-state index in [2.05, 4.69) is 23.7 Å². The molecule has 2 rings (SSSR count). The summed E-state index contributed by atoms with van der Waals surface area (Å²) in [5.41, 5.74) is 5.76. The monoisotopic (exact) mass is 314 g/mol. The van der Waals surface area contributed by atoms with E-state index in [1.54, 1.807) is 4.68 Å². The topological polar surface area (TPSA) is 90.0 Å². The van der Waals surface area contributed by atoms with Gasteiger partial charge in [-0.05, 0) is 37.5 Å². The fourth-order valence-electron chi connectivity index (χ4n) is 2.91. The van der Waals surface area contributed by atoms with Gasteiger partial charge in [0, 0.05) is 18.8 Å². The van der Waals surface area contributed by atoms with Gasteiger partial charge in [0.15, 0.2) is 5.82 Å². The van der Waals surface area contributed by atoms with Crippen LogP contribution in [0.5, 0.6) is 0 Å². The maximum Gasteiger partial charge on any atom is 0.246 e. The summed E-state index contributed by atoms with van der Waals surface area (Å²) in [6.07, 6.45) is 5.22. The first-order chi connectivity index (χ1) is 9.83. The van der Waals surface area contributed by atoms with Crippen molar-refractivity contribution in [2.75, 3.05) is 5.73 Å². The molecule has 3 atom stereocenters. The summed E-state index contributed by atoms with van der Waals surface area (Å²) in [4.78, 5) is 0.0993. The zero-order valence-electron chi connectivity index (χ0n) is 13.0. The summed E-state index contributed by atoms with van der Waals surface area (Å²) in [7, 11) is -3.59. The molecular formula is C14H26N4O2S. The molecule has 1 fully saturated rings. The third kappa shape index (κ3) is 3.77. The van der Waals surface area contributed by atoms with Crippen LogP contribution in [0.1, 0.15) is 46.5 Å². The van der Waals surface area contributed by atoms with E-state index in [1.165, 1.54) is 6.20 Å². The molecule has 0 aliphatic heterocycles. The molecule has 3 N–H and O–H groups in total. The number of hydrogen-bond donors (Lipinski definition) is 2. The van der Waals surface area contributed by atoms with Crippen molar-refractivity contribution < 1.29 is 8.42 Å². The number of nitrogen functional groups attached to an aromatic ring is 1. The van der Waals surface area contributed by atoms with E-state index in [-0.39, 0.29) is 16.8 Å². The van der Waals surface area contributed by atoms with Gasteiger partial charge in [-0.3, -0.25) is 4.68 Å². The van der Waals surface area contributed by atoms with Crippen molar-refractivity contribution >= 4 is 15.8 Å². The van der Waals surface area contributed by atoms with Crippen LogP contribution in [0, 0.1) is 11.8 Å². The molecule has 1 saturated carbocycles. The van der Waals surface area contributed by atoms with E-state index in [9.17, 15) is 8.42 Å². The van der Waals surface area contributed by atoms with Gasteiger partial charge in [-0.15, -0.1) is 0 Å². The van der Waals surface area contributed by atoms with Crippen LogP contribution in [0.3, 0.4) is 0 Å². The summed E-state index contributed by atoms with van der Waals surface area (Å²) < 4.78 is 29.4. The molecule has 6 nitrogen and oxygen atoms in total. The van der Waals surface area contributed by atoms with Gasteiger partial charge in [-0.1, -0.05) is 20.8 Å². The molecule has 0 saturated heterocycles. The Bertz CT molecular complexity index is 582. The molecule has 1 aliphatic carbocycles. The van der Waals surface area contributed by atoms with Crippen LogP contribution in [0.15, 0.2) is 11.1 Å². The molecular weight excluding hydrogens is 288 g/mol. The number of anilines is 1. The molecule has 21 heavy (non-hydrogen) atoms. The van der Waals surface area contributed by atoms with Crippen molar-refractivity contribution in [3.8, 4) is 0 Å². The first kappa shape index (κ1) is 16.3. The first-order valence-electron chi connectivity index (χ1n) is 7.68. The maximum atomic E-state index is 12.5. The molecule has 0 amide bonds. The van der Waals surface area contributed by atoms with Gasteiger partial charge in [0.05, 0.1) is 0 Å². The minimum Gasteiger partial charge on any atom is -0.381 e. The number of nitrogens with one attached hydrogen (secondary N) is 1. The normalized spacial score (nSPS) is 26.9. The Balaban J connectivity index is 2.11. The van der Waals surface area contributed by atoms with Gasteiger partial charge in [-0.2, -0.15) is 5.10 Å². The number of rotatable bonds is 5. The average Bonchev–Trinajstić information content (AvgIpc) is 2.76. The smallest absolute Gasteiger partial charge is 0.246 e. The molecule has 0 aromatic carbocycles. The minimum atomic E-state index is -3.59. The van der Waals surface area contributed by atoms with Gasteiger partial charge < -0.3 is 5.73 Å². The van der Waals surface area contributed by atoms with Crippen molar-refractivity contribution in [3.05, 3.63) is 6.20 Å². The number of aryl methyl sites for hydroxylation is 1. The first-order valence-corrected chi connectivity index (χ1v) is 9.17. The summed E-state index contributed by atoms with van der Waals surface area (Å²) in [5.74, 6) is 1.27. The predicted molar refractivity (Wildman–Crippen MR) is 83.2 cm³/mol. The molecule has 3 unspecified atom stereocenters. The van der Waals surface area contributed by atoms with Gasteiger partial charge in [0.2, 0.25) is 10.0 Å². The third-order valence-corrected chi connectivity index (χ3v) is 5.95. The standard InChI is InChI=1S/C14H26N4O2S/c1-4-7-18-9-13(14(15)16-18)21(19,20)17-12-6-5-10(2)11(3)8-12/h9-12,17H,4-8H2,1-3H3,(H2,15,16).